The molecule has 0 spiro atoms. The minimum Gasteiger partial charge on any atom is -0.492 e. The maximum Gasteiger partial charge on any atom is 0.260 e. The molecule has 0 aliphatic carbocycles. The quantitative estimate of drug-likeness (QED) is 0.798. The van der Waals surface area contributed by atoms with Crippen molar-refractivity contribution in [3.8, 4) is 11.5 Å². The Hall–Kier alpha value is -2.49. The van der Waals surface area contributed by atoms with Crippen molar-refractivity contribution in [3.05, 3.63) is 59.7 Å². The summed E-state index contributed by atoms with van der Waals surface area (Å²) < 4.78 is 11.3. The molecule has 2 rings (SSSR count). The summed E-state index contributed by atoms with van der Waals surface area (Å²) in [7, 11) is 0. The fourth-order valence-electron chi connectivity index (χ4n) is 2.05. The summed E-state index contributed by atoms with van der Waals surface area (Å²) in [6.07, 6.45) is -0.546. The summed E-state index contributed by atoms with van der Waals surface area (Å²) >= 11 is 0. The van der Waals surface area contributed by atoms with Crippen molar-refractivity contribution in [1.82, 2.24) is 5.32 Å². The van der Waals surface area contributed by atoms with Crippen molar-refractivity contribution < 1.29 is 14.3 Å². The molecule has 1 atom stereocenters. The zero-order valence-electron chi connectivity index (χ0n) is 13.8. The first kappa shape index (κ1) is 16.9. The number of ether oxygens (including phenoxy) is 2. The average Bonchev–Trinajstić information content (AvgIpc) is 2.55. The number of hydrogen-bond donors (Lipinski definition) is 1. The molecule has 0 saturated carbocycles. The van der Waals surface area contributed by atoms with Crippen molar-refractivity contribution in [1.29, 1.82) is 0 Å². The third-order valence-corrected chi connectivity index (χ3v) is 3.46. The molecule has 0 aliphatic heterocycles. The van der Waals surface area contributed by atoms with Gasteiger partial charge in [-0.1, -0.05) is 35.9 Å². The zero-order valence-corrected chi connectivity index (χ0v) is 13.8. The summed E-state index contributed by atoms with van der Waals surface area (Å²) in [4.78, 5) is 12.0. The molecule has 0 radical (unpaired) electrons. The largest absolute Gasteiger partial charge is 0.492 e. The molecule has 23 heavy (non-hydrogen) atoms. The molecule has 0 heterocycles. The monoisotopic (exact) mass is 313 g/mol. The Morgan fingerprint density at radius 1 is 1.09 bits per heavy atom. The van der Waals surface area contributed by atoms with Crippen LogP contribution in [0.25, 0.3) is 0 Å². The molecular formula is C19H23NO3. The van der Waals surface area contributed by atoms with Crippen LogP contribution in [0.5, 0.6) is 11.5 Å². The van der Waals surface area contributed by atoms with Crippen LogP contribution in [0.2, 0.25) is 0 Å². The van der Waals surface area contributed by atoms with E-state index in [1.807, 2.05) is 62.4 Å². The van der Waals surface area contributed by atoms with Crippen LogP contribution in [0.3, 0.4) is 0 Å². The number of carbonyl (C=O) groups is 1. The van der Waals surface area contributed by atoms with Crippen LogP contribution in [0.15, 0.2) is 48.5 Å². The highest BCUT2D eigenvalue weighted by Crippen LogP contribution is 2.17. The highest BCUT2D eigenvalue weighted by atomic mass is 16.5. The standard InChI is InChI=1S/C19H23NO3/c1-14-8-10-17(11-9-14)22-13-12-20-19(21)16(3)23-18-7-5-4-6-15(18)2/h4-11,16H,12-13H2,1-3H3,(H,20,21). The molecule has 4 heteroatoms. The van der Waals surface area contributed by atoms with Crippen LogP contribution >= 0.6 is 0 Å². The van der Waals surface area contributed by atoms with Gasteiger partial charge in [0, 0.05) is 0 Å². The van der Waals surface area contributed by atoms with E-state index < -0.39 is 6.10 Å². The first-order valence-electron chi connectivity index (χ1n) is 7.76. The van der Waals surface area contributed by atoms with Gasteiger partial charge in [-0.3, -0.25) is 4.79 Å². The zero-order chi connectivity index (χ0) is 16.7. The number of hydrogen-bond acceptors (Lipinski definition) is 3. The number of rotatable bonds is 7. The Morgan fingerprint density at radius 2 is 1.78 bits per heavy atom. The number of amides is 1. The smallest absolute Gasteiger partial charge is 0.260 e. The van der Waals surface area contributed by atoms with E-state index in [1.54, 1.807) is 6.92 Å². The van der Waals surface area contributed by atoms with Gasteiger partial charge in [-0.25, -0.2) is 0 Å². The number of para-hydroxylation sites is 1. The topological polar surface area (TPSA) is 47.6 Å². The molecule has 2 aromatic carbocycles. The van der Waals surface area contributed by atoms with E-state index in [2.05, 4.69) is 5.32 Å². The van der Waals surface area contributed by atoms with Gasteiger partial charge in [-0.2, -0.15) is 0 Å². The van der Waals surface area contributed by atoms with Crippen LogP contribution in [0.1, 0.15) is 18.1 Å². The lowest BCUT2D eigenvalue weighted by Gasteiger charge is -2.16. The van der Waals surface area contributed by atoms with Crippen LogP contribution in [-0.4, -0.2) is 25.2 Å². The number of nitrogens with one attached hydrogen (secondary N) is 1. The second kappa shape index (κ2) is 8.22. The van der Waals surface area contributed by atoms with Gasteiger partial charge in [0.2, 0.25) is 0 Å². The summed E-state index contributed by atoms with van der Waals surface area (Å²) in [5, 5.41) is 2.81. The highest BCUT2D eigenvalue weighted by Gasteiger charge is 2.14. The van der Waals surface area contributed by atoms with Gasteiger partial charge in [0.1, 0.15) is 18.1 Å². The first-order chi connectivity index (χ1) is 11.1. The van der Waals surface area contributed by atoms with E-state index in [1.165, 1.54) is 5.56 Å². The first-order valence-corrected chi connectivity index (χ1v) is 7.76. The fourth-order valence-corrected chi connectivity index (χ4v) is 2.05. The highest BCUT2D eigenvalue weighted by molar-refractivity contribution is 5.80. The van der Waals surface area contributed by atoms with Gasteiger partial charge >= 0.3 is 0 Å². The summed E-state index contributed by atoms with van der Waals surface area (Å²) in [6.45, 7) is 6.58. The van der Waals surface area contributed by atoms with Gasteiger partial charge in [0.25, 0.3) is 5.91 Å². The molecule has 0 aromatic heterocycles. The average molecular weight is 313 g/mol. The molecule has 2 aromatic rings. The van der Waals surface area contributed by atoms with E-state index in [-0.39, 0.29) is 5.91 Å². The predicted octanol–water partition coefficient (Wildman–Crippen LogP) is 3.27. The molecule has 0 saturated heterocycles. The summed E-state index contributed by atoms with van der Waals surface area (Å²) in [5.74, 6) is 1.38. The van der Waals surface area contributed by atoms with Gasteiger partial charge in [-0.15, -0.1) is 0 Å². The Morgan fingerprint density at radius 3 is 2.48 bits per heavy atom. The second-order valence-corrected chi connectivity index (χ2v) is 5.48. The van der Waals surface area contributed by atoms with Crippen molar-refractivity contribution in [3.63, 3.8) is 0 Å². The lowest BCUT2D eigenvalue weighted by atomic mass is 10.2. The molecule has 122 valence electrons. The molecular weight excluding hydrogens is 290 g/mol. The lowest BCUT2D eigenvalue weighted by Crippen LogP contribution is -2.38. The van der Waals surface area contributed by atoms with E-state index in [0.717, 1.165) is 17.1 Å². The normalized spacial score (nSPS) is 11.6. The van der Waals surface area contributed by atoms with E-state index in [4.69, 9.17) is 9.47 Å². The maximum absolute atomic E-state index is 12.0. The van der Waals surface area contributed by atoms with Crippen LogP contribution in [0, 0.1) is 13.8 Å². The lowest BCUT2D eigenvalue weighted by molar-refractivity contribution is -0.127. The molecule has 4 nitrogen and oxygen atoms in total. The third kappa shape index (κ3) is 5.33. The minimum absolute atomic E-state index is 0.152. The SMILES string of the molecule is Cc1ccc(OCCNC(=O)C(C)Oc2ccccc2C)cc1. The molecule has 0 aliphatic rings. The van der Waals surface area contributed by atoms with Crippen LogP contribution < -0.4 is 14.8 Å². The Balaban J connectivity index is 1.72. The maximum atomic E-state index is 12.0. The predicted molar refractivity (Wildman–Crippen MR) is 91.0 cm³/mol. The Kier molecular flexibility index (Phi) is 6.03. The van der Waals surface area contributed by atoms with Gasteiger partial charge in [-0.05, 0) is 44.5 Å². The molecule has 0 fully saturated rings. The number of aryl methyl sites for hydroxylation is 2. The molecule has 1 amide bonds. The minimum atomic E-state index is -0.546. The Bertz CT molecular complexity index is 637. The van der Waals surface area contributed by atoms with Crippen molar-refractivity contribution >= 4 is 5.91 Å². The van der Waals surface area contributed by atoms with E-state index in [9.17, 15) is 4.79 Å². The number of carbonyl (C=O) groups excluding carboxylic acids is 1. The van der Waals surface area contributed by atoms with Crippen molar-refractivity contribution in [2.24, 2.45) is 0 Å². The van der Waals surface area contributed by atoms with Gasteiger partial charge in [0.05, 0.1) is 6.54 Å². The summed E-state index contributed by atoms with van der Waals surface area (Å²) in [5.41, 5.74) is 2.20. The molecule has 0 bridgehead atoms. The second-order valence-electron chi connectivity index (χ2n) is 5.48. The summed E-state index contributed by atoms with van der Waals surface area (Å²) in [6, 6.07) is 15.5. The van der Waals surface area contributed by atoms with Crippen LogP contribution in [0.4, 0.5) is 0 Å². The van der Waals surface area contributed by atoms with Gasteiger partial charge in [0.15, 0.2) is 6.10 Å². The molecule has 1 N–H and O–H groups in total. The fraction of sp³-hybridized carbons (Fsp3) is 0.316. The third-order valence-electron chi connectivity index (χ3n) is 3.46. The van der Waals surface area contributed by atoms with E-state index in [0.29, 0.717) is 13.2 Å². The van der Waals surface area contributed by atoms with Crippen molar-refractivity contribution in [2.75, 3.05) is 13.2 Å². The van der Waals surface area contributed by atoms with E-state index >= 15 is 0 Å². The Labute approximate surface area is 137 Å². The van der Waals surface area contributed by atoms with Gasteiger partial charge < -0.3 is 14.8 Å². The molecule has 1 unspecified atom stereocenters. The number of benzene rings is 2. The van der Waals surface area contributed by atoms with Crippen molar-refractivity contribution in [2.45, 2.75) is 26.9 Å². The van der Waals surface area contributed by atoms with Crippen LogP contribution in [-0.2, 0) is 4.79 Å².